The van der Waals surface area contributed by atoms with Crippen LogP contribution in [0.4, 0.5) is 5.82 Å². The number of anilines is 1. The molecule has 1 unspecified atom stereocenters. The number of pyridine rings is 1. The Kier molecular flexibility index (Phi) is 4.65. The summed E-state index contributed by atoms with van der Waals surface area (Å²) in [6.07, 6.45) is 4.72. The zero-order chi connectivity index (χ0) is 15.4. The van der Waals surface area contributed by atoms with Gasteiger partial charge in [-0.1, -0.05) is 41.9 Å². The van der Waals surface area contributed by atoms with Crippen LogP contribution < -0.4 is 4.90 Å². The molecule has 22 heavy (non-hydrogen) atoms. The van der Waals surface area contributed by atoms with E-state index in [-0.39, 0.29) is 12.0 Å². The highest BCUT2D eigenvalue weighted by Gasteiger charge is 2.36. The summed E-state index contributed by atoms with van der Waals surface area (Å²) < 4.78 is 0. The lowest BCUT2D eigenvalue weighted by Gasteiger charge is -2.42. The Morgan fingerprint density at radius 1 is 1.18 bits per heavy atom. The Balaban J connectivity index is 1.82. The number of aromatic nitrogens is 1. The molecule has 0 amide bonds. The second kappa shape index (κ2) is 6.67. The topological polar surface area (TPSA) is 36.4 Å². The number of aliphatic hydroxyl groups excluding tert-OH is 1. The minimum absolute atomic E-state index is 0.125. The van der Waals surface area contributed by atoms with Crippen LogP contribution in [0.25, 0.3) is 0 Å². The van der Waals surface area contributed by atoms with E-state index in [0.717, 1.165) is 38.2 Å². The number of hydrogen-bond donors (Lipinski definition) is 1. The van der Waals surface area contributed by atoms with Gasteiger partial charge in [0, 0.05) is 24.7 Å². The molecule has 0 spiro atoms. The fraction of sp³-hybridized carbons (Fsp3) is 0.389. The van der Waals surface area contributed by atoms with E-state index in [1.54, 1.807) is 6.20 Å². The molecule has 1 aromatic heterocycles. The third-order valence-corrected chi connectivity index (χ3v) is 4.75. The van der Waals surface area contributed by atoms with Gasteiger partial charge in [0.05, 0.1) is 11.6 Å². The maximum atomic E-state index is 10.1. The zero-order valence-electron chi connectivity index (χ0n) is 12.6. The summed E-state index contributed by atoms with van der Waals surface area (Å²) >= 11 is 6.29. The van der Waals surface area contributed by atoms with Gasteiger partial charge in [-0.3, -0.25) is 0 Å². The molecule has 1 aliphatic rings. The van der Waals surface area contributed by atoms with Crippen LogP contribution in [0.2, 0.25) is 5.02 Å². The van der Waals surface area contributed by atoms with E-state index in [4.69, 9.17) is 11.6 Å². The predicted molar refractivity (Wildman–Crippen MR) is 90.4 cm³/mol. The lowest BCUT2D eigenvalue weighted by Crippen LogP contribution is -2.47. The van der Waals surface area contributed by atoms with Gasteiger partial charge in [-0.15, -0.1) is 0 Å². The molecule has 1 N–H and O–H groups in total. The lowest BCUT2D eigenvalue weighted by atomic mass is 9.75. The first-order valence-corrected chi connectivity index (χ1v) is 8.10. The van der Waals surface area contributed by atoms with E-state index in [0.29, 0.717) is 5.02 Å². The molecule has 0 radical (unpaired) electrons. The number of piperidine rings is 1. The van der Waals surface area contributed by atoms with Gasteiger partial charge >= 0.3 is 0 Å². The minimum atomic E-state index is -0.125. The molecule has 2 heterocycles. The highest BCUT2D eigenvalue weighted by molar-refractivity contribution is 6.32. The van der Waals surface area contributed by atoms with Gasteiger partial charge in [-0.2, -0.15) is 0 Å². The molecule has 1 aromatic carbocycles. The molecule has 1 atom stereocenters. The number of halogens is 1. The molecular formula is C18H21ClN2O. The largest absolute Gasteiger partial charge is 0.396 e. The van der Waals surface area contributed by atoms with Gasteiger partial charge in [0.25, 0.3) is 0 Å². The number of benzene rings is 1. The summed E-state index contributed by atoms with van der Waals surface area (Å²) in [5.74, 6) is 0.828. The van der Waals surface area contributed by atoms with Crippen LogP contribution in [-0.4, -0.2) is 29.8 Å². The average Bonchev–Trinajstić information content (AvgIpc) is 2.56. The molecule has 0 aliphatic carbocycles. The first kappa shape index (κ1) is 15.3. The fourth-order valence-electron chi connectivity index (χ4n) is 3.36. The van der Waals surface area contributed by atoms with Crippen LogP contribution in [0.15, 0.2) is 48.7 Å². The van der Waals surface area contributed by atoms with Crippen LogP contribution in [0.5, 0.6) is 0 Å². The summed E-state index contributed by atoms with van der Waals surface area (Å²) in [5.41, 5.74) is 1.14. The zero-order valence-corrected chi connectivity index (χ0v) is 13.3. The Morgan fingerprint density at radius 3 is 2.73 bits per heavy atom. The van der Waals surface area contributed by atoms with Gasteiger partial charge in [-0.05, 0) is 37.0 Å². The smallest absolute Gasteiger partial charge is 0.147 e. The maximum Gasteiger partial charge on any atom is 0.147 e. The normalized spacial score (nSPS) is 21.8. The van der Waals surface area contributed by atoms with E-state index in [9.17, 15) is 5.11 Å². The van der Waals surface area contributed by atoms with E-state index in [1.807, 2.05) is 18.2 Å². The van der Waals surface area contributed by atoms with Crippen LogP contribution in [-0.2, 0) is 6.42 Å². The Hall–Kier alpha value is -1.58. The van der Waals surface area contributed by atoms with Crippen LogP contribution in [0, 0.1) is 5.41 Å². The highest BCUT2D eigenvalue weighted by atomic mass is 35.5. The van der Waals surface area contributed by atoms with Gasteiger partial charge in [0.2, 0.25) is 0 Å². The standard InChI is InChI=1S/C18H21ClN2O/c19-16-8-4-10-20-17(16)21-11-5-9-18(13-21,14-22)12-15-6-2-1-3-7-15/h1-4,6-8,10,22H,5,9,11-14H2. The van der Waals surface area contributed by atoms with Crippen molar-refractivity contribution >= 4 is 17.4 Å². The van der Waals surface area contributed by atoms with Crippen molar-refractivity contribution in [2.45, 2.75) is 19.3 Å². The molecule has 3 rings (SSSR count). The molecular weight excluding hydrogens is 296 g/mol. The van der Waals surface area contributed by atoms with Crippen molar-refractivity contribution < 1.29 is 5.11 Å². The van der Waals surface area contributed by atoms with Crippen molar-refractivity contribution in [2.24, 2.45) is 5.41 Å². The van der Waals surface area contributed by atoms with Crippen LogP contribution >= 0.6 is 11.6 Å². The number of aliphatic hydroxyl groups is 1. The molecule has 3 nitrogen and oxygen atoms in total. The summed E-state index contributed by atoms with van der Waals surface area (Å²) in [6, 6.07) is 14.1. The number of rotatable bonds is 4. The summed E-state index contributed by atoms with van der Waals surface area (Å²) in [6.45, 7) is 1.91. The SMILES string of the molecule is OCC1(Cc2ccccc2)CCCN(c2ncccc2Cl)C1. The molecule has 4 heteroatoms. The van der Waals surface area contributed by atoms with Crippen molar-refractivity contribution in [1.82, 2.24) is 4.98 Å². The van der Waals surface area contributed by atoms with Crippen LogP contribution in [0.3, 0.4) is 0 Å². The van der Waals surface area contributed by atoms with E-state index in [2.05, 4.69) is 34.1 Å². The Bertz CT molecular complexity index is 619. The van der Waals surface area contributed by atoms with Crippen molar-refractivity contribution in [3.05, 3.63) is 59.2 Å². The van der Waals surface area contributed by atoms with E-state index >= 15 is 0 Å². The Labute approximate surface area is 136 Å². The monoisotopic (exact) mass is 316 g/mol. The quantitative estimate of drug-likeness (QED) is 0.937. The van der Waals surface area contributed by atoms with Crippen molar-refractivity contribution in [3.63, 3.8) is 0 Å². The summed E-state index contributed by atoms with van der Waals surface area (Å²) in [5, 5.41) is 10.7. The molecule has 116 valence electrons. The highest BCUT2D eigenvalue weighted by Crippen LogP contribution is 2.36. The van der Waals surface area contributed by atoms with Gasteiger partial charge < -0.3 is 10.0 Å². The molecule has 0 bridgehead atoms. The summed E-state index contributed by atoms with van der Waals surface area (Å²) in [4.78, 5) is 6.63. The first-order valence-electron chi connectivity index (χ1n) is 7.73. The van der Waals surface area contributed by atoms with Crippen molar-refractivity contribution in [1.29, 1.82) is 0 Å². The minimum Gasteiger partial charge on any atom is -0.396 e. The van der Waals surface area contributed by atoms with Crippen molar-refractivity contribution in [2.75, 3.05) is 24.6 Å². The third kappa shape index (κ3) is 3.26. The number of hydrogen-bond acceptors (Lipinski definition) is 3. The molecule has 0 saturated carbocycles. The van der Waals surface area contributed by atoms with E-state index in [1.165, 1.54) is 5.56 Å². The fourth-order valence-corrected chi connectivity index (χ4v) is 3.60. The molecule has 1 fully saturated rings. The first-order chi connectivity index (χ1) is 10.7. The van der Waals surface area contributed by atoms with Crippen LogP contribution in [0.1, 0.15) is 18.4 Å². The Morgan fingerprint density at radius 2 is 2.00 bits per heavy atom. The second-order valence-electron chi connectivity index (χ2n) is 6.15. The maximum absolute atomic E-state index is 10.1. The van der Waals surface area contributed by atoms with Gasteiger partial charge in [0.15, 0.2) is 0 Å². The molecule has 1 saturated heterocycles. The van der Waals surface area contributed by atoms with Gasteiger partial charge in [-0.25, -0.2) is 4.98 Å². The van der Waals surface area contributed by atoms with Gasteiger partial charge in [0.1, 0.15) is 5.82 Å². The third-order valence-electron chi connectivity index (χ3n) is 4.46. The average molecular weight is 317 g/mol. The summed E-state index contributed by atoms with van der Waals surface area (Å²) in [7, 11) is 0. The second-order valence-corrected chi connectivity index (χ2v) is 6.56. The van der Waals surface area contributed by atoms with Crippen molar-refractivity contribution in [3.8, 4) is 0 Å². The number of nitrogens with zero attached hydrogens (tertiary/aromatic N) is 2. The lowest BCUT2D eigenvalue weighted by molar-refractivity contribution is 0.105. The van der Waals surface area contributed by atoms with E-state index < -0.39 is 0 Å². The molecule has 2 aromatic rings. The predicted octanol–water partition coefficient (Wildman–Crippen LogP) is 3.56. The molecule has 1 aliphatic heterocycles.